The van der Waals surface area contributed by atoms with Crippen molar-refractivity contribution in [1.82, 2.24) is 20.2 Å². The van der Waals surface area contributed by atoms with Crippen molar-refractivity contribution in [3.63, 3.8) is 0 Å². The Morgan fingerprint density at radius 1 is 1.58 bits per heavy atom. The number of rotatable bonds is 6. The van der Waals surface area contributed by atoms with E-state index < -0.39 is 0 Å². The molecule has 1 saturated carbocycles. The summed E-state index contributed by atoms with van der Waals surface area (Å²) in [4.78, 5) is 18.1. The molecule has 1 amide bonds. The molecule has 1 aliphatic rings. The third-order valence-electron chi connectivity index (χ3n) is 3.37. The standard InChI is InChI=1S/C13H23N5O/c1-9(12(19)16-10-5-6-10)14-7-11-8-15-13(17(2)3)18(11)4/h8-10,14H,5-7H2,1-4H3,(H,16,19). The quantitative estimate of drug-likeness (QED) is 0.773. The Hall–Kier alpha value is -1.56. The van der Waals surface area contributed by atoms with Crippen molar-refractivity contribution in [2.24, 2.45) is 7.05 Å². The van der Waals surface area contributed by atoms with Crippen molar-refractivity contribution in [3.8, 4) is 0 Å². The first-order valence-corrected chi connectivity index (χ1v) is 6.70. The minimum atomic E-state index is -0.182. The summed E-state index contributed by atoms with van der Waals surface area (Å²) in [6.45, 7) is 2.53. The Kier molecular flexibility index (Phi) is 4.09. The van der Waals surface area contributed by atoms with Crippen molar-refractivity contribution < 1.29 is 4.79 Å². The molecule has 0 aliphatic heterocycles. The topological polar surface area (TPSA) is 62.2 Å². The van der Waals surface area contributed by atoms with Gasteiger partial charge in [-0.25, -0.2) is 4.98 Å². The van der Waals surface area contributed by atoms with Crippen LogP contribution in [0.3, 0.4) is 0 Å². The number of hydrogen-bond acceptors (Lipinski definition) is 4. The maximum absolute atomic E-state index is 11.8. The van der Waals surface area contributed by atoms with Crippen LogP contribution < -0.4 is 15.5 Å². The molecule has 1 atom stereocenters. The minimum Gasteiger partial charge on any atom is -0.352 e. The molecular formula is C13H23N5O. The van der Waals surface area contributed by atoms with E-state index in [0.717, 1.165) is 24.5 Å². The molecule has 1 unspecified atom stereocenters. The molecule has 0 bridgehead atoms. The van der Waals surface area contributed by atoms with Crippen LogP contribution in [0.2, 0.25) is 0 Å². The Morgan fingerprint density at radius 2 is 2.26 bits per heavy atom. The Bertz CT molecular complexity index is 450. The van der Waals surface area contributed by atoms with Crippen LogP contribution in [0, 0.1) is 0 Å². The number of carbonyl (C=O) groups excluding carboxylic acids is 1. The monoisotopic (exact) mass is 265 g/mol. The number of carbonyl (C=O) groups is 1. The van der Waals surface area contributed by atoms with Crippen LogP contribution in [-0.4, -0.2) is 41.6 Å². The molecule has 6 nitrogen and oxygen atoms in total. The van der Waals surface area contributed by atoms with Gasteiger partial charge in [-0.05, 0) is 19.8 Å². The summed E-state index contributed by atoms with van der Waals surface area (Å²) in [5.41, 5.74) is 1.06. The molecule has 1 fully saturated rings. The molecule has 0 aromatic carbocycles. The van der Waals surface area contributed by atoms with Gasteiger partial charge in [0.05, 0.1) is 17.9 Å². The lowest BCUT2D eigenvalue weighted by molar-refractivity contribution is -0.122. The van der Waals surface area contributed by atoms with Crippen molar-refractivity contribution in [3.05, 3.63) is 11.9 Å². The number of hydrogen-bond donors (Lipinski definition) is 2. The highest BCUT2D eigenvalue weighted by Gasteiger charge is 2.25. The number of anilines is 1. The second-order valence-corrected chi connectivity index (χ2v) is 5.39. The number of amides is 1. The van der Waals surface area contributed by atoms with Gasteiger partial charge in [-0.15, -0.1) is 0 Å². The van der Waals surface area contributed by atoms with Gasteiger partial charge in [-0.3, -0.25) is 4.79 Å². The number of aromatic nitrogens is 2. The van der Waals surface area contributed by atoms with Gasteiger partial charge in [0.25, 0.3) is 0 Å². The van der Waals surface area contributed by atoms with Crippen LogP contribution in [0.25, 0.3) is 0 Å². The van der Waals surface area contributed by atoms with Gasteiger partial charge in [0.1, 0.15) is 0 Å². The molecule has 1 aromatic heterocycles. The fraction of sp³-hybridized carbons (Fsp3) is 0.692. The molecule has 2 N–H and O–H groups in total. The predicted molar refractivity (Wildman–Crippen MR) is 75.0 cm³/mol. The Morgan fingerprint density at radius 3 is 2.79 bits per heavy atom. The molecule has 1 heterocycles. The van der Waals surface area contributed by atoms with Gasteiger partial charge >= 0.3 is 0 Å². The first kappa shape index (κ1) is 13.9. The summed E-state index contributed by atoms with van der Waals surface area (Å²) in [6, 6.07) is 0.229. The zero-order valence-electron chi connectivity index (χ0n) is 12.1. The van der Waals surface area contributed by atoms with Gasteiger partial charge < -0.3 is 20.1 Å². The van der Waals surface area contributed by atoms with Gasteiger partial charge in [0.2, 0.25) is 11.9 Å². The maximum Gasteiger partial charge on any atom is 0.237 e. The predicted octanol–water partition coefficient (Wildman–Crippen LogP) is 0.243. The van der Waals surface area contributed by atoms with E-state index >= 15 is 0 Å². The zero-order valence-corrected chi connectivity index (χ0v) is 12.1. The van der Waals surface area contributed by atoms with Gasteiger partial charge in [0.15, 0.2) is 0 Å². The van der Waals surface area contributed by atoms with Crippen LogP contribution in [0.4, 0.5) is 5.95 Å². The first-order valence-electron chi connectivity index (χ1n) is 6.70. The number of nitrogens with zero attached hydrogens (tertiary/aromatic N) is 3. The van der Waals surface area contributed by atoms with E-state index in [1.165, 1.54) is 0 Å². The lowest BCUT2D eigenvalue weighted by Crippen LogP contribution is -2.42. The lowest BCUT2D eigenvalue weighted by atomic mass is 10.3. The number of nitrogens with one attached hydrogen (secondary N) is 2. The average Bonchev–Trinajstić information content (AvgIpc) is 3.08. The summed E-state index contributed by atoms with van der Waals surface area (Å²) in [7, 11) is 5.91. The molecule has 1 aromatic rings. The summed E-state index contributed by atoms with van der Waals surface area (Å²) >= 11 is 0. The molecule has 106 valence electrons. The Balaban J connectivity index is 1.85. The fourth-order valence-electron chi connectivity index (χ4n) is 1.92. The summed E-state index contributed by atoms with van der Waals surface area (Å²) in [5, 5.41) is 6.23. The van der Waals surface area contributed by atoms with Crippen molar-refractivity contribution in [2.75, 3.05) is 19.0 Å². The van der Waals surface area contributed by atoms with E-state index in [9.17, 15) is 4.79 Å². The van der Waals surface area contributed by atoms with Crippen LogP contribution >= 0.6 is 0 Å². The average molecular weight is 265 g/mol. The summed E-state index contributed by atoms with van der Waals surface area (Å²) in [5.74, 6) is 0.990. The van der Waals surface area contributed by atoms with Gasteiger partial charge in [-0.2, -0.15) is 0 Å². The largest absolute Gasteiger partial charge is 0.352 e. The minimum absolute atomic E-state index is 0.0810. The molecule has 1 aliphatic carbocycles. The van der Waals surface area contributed by atoms with E-state index in [1.54, 1.807) is 0 Å². The molecular weight excluding hydrogens is 242 g/mol. The van der Waals surface area contributed by atoms with Gasteiger partial charge in [-0.1, -0.05) is 0 Å². The van der Waals surface area contributed by atoms with E-state index in [2.05, 4.69) is 15.6 Å². The third-order valence-corrected chi connectivity index (χ3v) is 3.37. The molecule has 0 radical (unpaired) electrons. The second-order valence-electron chi connectivity index (χ2n) is 5.39. The highest BCUT2D eigenvalue weighted by molar-refractivity contribution is 5.81. The Labute approximate surface area is 114 Å². The maximum atomic E-state index is 11.8. The zero-order chi connectivity index (χ0) is 14.0. The summed E-state index contributed by atoms with van der Waals surface area (Å²) < 4.78 is 2.03. The number of imidazole rings is 1. The van der Waals surface area contributed by atoms with E-state index in [0.29, 0.717) is 12.6 Å². The van der Waals surface area contributed by atoms with E-state index in [4.69, 9.17) is 0 Å². The van der Waals surface area contributed by atoms with Crippen LogP contribution in [0.15, 0.2) is 6.20 Å². The normalized spacial score (nSPS) is 16.2. The SMILES string of the molecule is CC(NCc1cnc(N(C)C)n1C)C(=O)NC1CC1. The van der Waals surface area contributed by atoms with Crippen molar-refractivity contribution >= 4 is 11.9 Å². The van der Waals surface area contributed by atoms with Crippen molar-refractivity contribution in [2.45, 2.75) is 38.4 Å². The van der Waals surface area contributed by atoms with Crippen molar-refractivity contribution in [1.29, 1.82) is 0 Å². The smallest absolute Gasteiger partial charge is 0.237 e. The van der Waals surface area contributed by atoms with E-state index in [1.807, 2.05) is 43.7 Å². The van der Waals surface area contributed by atoms with Crippen LogP contribution in [0.1, 0.15) is 25.5 Å². The molecule has 0 spiro atoms. The third kappa shape index (κ3) is 3.47. The molecule has 0 saturated heterocycles. The highest BCUT2D eigenvalue weighted by Crippen LogP contribution is 2.18. The molecule has 2 rings (SSSR count). The second kappa shape index (κ2) is 5.61. The molecule has 19 heavy (non-hydrogen) atoms. The fourth-order valence-corrected chi connectivity index (χ4v) is 1.92. The van der Waals surface area contributed by atoms with E-state index in [-0.39, 0.29) is 11.9 Å². The van der Waals surface area contributed by atoms with Crippen LogP contribution in [-0.2, 0) is 18.4 Å². The van der Waals surface area contributed by atoms with Crippen LogP contribution in [0.5, 0.6) is 0 Å². The van der Waals surface area contributed by atoms with Gasteiger partial charge in [0, 0.05) is 33.7 Å². The first-order chi connectivity index (χ1) is 8.99. The molecule has 6 heteroatoms. The summed E-state index contributed by atoms with van der Waals surface area (Å²) in [6.07, 6.45) is 4.08. The lowest BCUT2D eigenvalue weighted by Gasteiger charge is -2.15. The highest BCUT2D eigenvalue weighted by atomic mass is 16.2.